The molecule has 0 saturated carbocycles. The molecule has 2 N–H and O–H groups in total. The van der Waals surface area contributed by atoms with Crippen molar-refractivity contribution in [1.29, 1.82) is 0 Å². The van der Waals surface area contributed by atoms with Gasteiger partial charge in [-0.2, -0.15) is 0 Å². The highest BCUT2D eigenvalue weighted by Gasteiger charge is 2.20. The zero-order chi connectivity index (χ0) is 28.9. The minimum atomic E-state index is -0.794. The van der Waals surface area contributed by atoms with Crippen molar-refractivity contribution in [3.05, 3.63) is 126 Å². The minimum Gasteiger partial charge on any atom is -0.493 e. The first kappa shape index (κ1) is 26.5. The Morgan fingerprint density at radius 2 is 1.60 bits per heavy atom. The van der Waals surface area contributed by atoms with Gasteiger partial charge in [-0.15, -0.1) is 10.2 Å². The average Bonchev–Trinajstić information content (AvgIpc) is 3.60. The summed E-state index contributed by atoms with van der Waals surface area (Å²) < 4.78 is 12.6. The third kappa shape index (κ3) is 5.62. The highest BCUT2D eigenvalue weighted by atomic mass is 16.7. The van der Waals surface area contributed by atoms with Gasteiger partial charge in [0.25, 0.3) is 5.91 Å². The third-order valence-corrected chi connectivity index (χ3v) is 6.85. The number of hydrogen-bond donors (Lipinski definition) is 2. The zero-order valence-corrected chi connectivity index (χ0v) is 22.4. The lowest BCUT2D eigenvalue weighted by Gasteiger charge is -2.08. The summed E-state index contributed by atoms with van der Waals surface area (Å²) in [5.41, 5.74) is 2.92. The number of fused-ring (bicyclic) bond motifs is 2. The van der Waals surface area contributed by atoms with Crippen LogP contribution < -0.4 is 14.8 Å². The Hall–Kier alpha value is -5.70. The Bertz CT molecular complexity index is 1830. The topological polar surface area (TPSA) is 115 Å². The molecule has 1 aromatic heterocycles. The number of azo groups is 1. The van der Waals surface area contributed by atoms with E-state index >= 15 is 0 Å². The molecule has 5 aromatic rings. The molecule has 0 fully saturated rings. The van der Waals surface area contributed by atoms with E-state index < -0.39 is 11.8 Å². The Balaban J connectivity index is 1.31. The van der Waals surface area contributed by atoms with Crippen LogP contribution in [0.15, 0.2) is 119 Å². The van der Waals surface area contributed by atoms with Crippen LogP contribution in [0.1, 0.15) is 21.5 Å². The summed E-state index contributed by atoms with van der Waals surface area (Å²) in [4.78, 5) is 26.4. The Kier molecular flexibility index (Phi) is 7.46. The monoisotopic (exact) mass is 558 g/mol. The molecule has 0 aliphatic carbocycles. The molecule has 9 nitrogen and oxygen atoms in total. The van der Waals surface area contributed by atoms with Crippen LogP contribution in [0.2, 0.25) is 0 Å². The smallest absolute Gasteiger partial charge is 0.311 e. The number of para-hydroxylation sites is 1. The van der Waals surface area contributed by atoms with Crippen molar-refractivity contribution in [1.82, 2.24) is 9.88 Å². The first-order valence-corrected chi connectivity index (χ1v) is 13.3. The molecule has 0 unspecified atom stereocenters. The predicted octanol–water partition coefficient (Wildman–Crippen LogP) is 6.40. The first-order chi connectivity index (χ1) is 20.6. The van der Waals surface area contributed by atoms with Crippen LogP contribution in [-0.2, 0) is 17.8 Å². The van der Waals surface area contributed by atoms with E-state index in [1.54, 1.807) is 53.1 Å². The molecule has 9 heteroatoms. The van der Waals surface area contributed by atoms with E-state index in [1.165, 1.54) is 6.08 Å². The maximum Gasteiger partial charge on any atom is 0.311 e. The number of carbonyl (C=O) groups excluding carboxylic acids is 2. The average molecular weight is 559 g/mol. The molecule has 0 spiro atoms. The lowest BCUT2D eigenvalue weighted by Crippen LogP contribution is -2.26. The fourth-order valence-electron chi connectivity index (χ4n) is 4.74. The van der Waals surface area contributed by atoms with Gasteiger partial charge < -0.3 is 24.5 Å². The van der Waals surface area contributed by atoms with Crippen molar-refractivity contribution in [3.8, 4) is 17.4 Å². The van der Waals surface area contributed by atoms with Gasteiger partial charge in [0.15, 0.2) is 17.2 Å². The number of carbonyl (C=O) groups is 2. The number of aromatic nitrogens is 1. The summed E-state index contributed by atoms with van der Waals surface area (Å²) in [6, 6.07) is 31.0. The molecule has 4 aromatic carbocycles. The summed E-state index contributed by atoms with van der Waals surface area (Å²) in [6.07, 6.45) is 2.18. The first-order valence-electron chi connectivity index (χ1n) is 13.3. The molecular weight excluding hydrogens is 532 g/mol. The highest BCUT2D eigenvalue weighted by molar-refractivity contribution is 6.05. The molecule has 1 aliphatic heterocycles. The Morgan fingerprint density at radius 1 is 0.881 bits per heavy atom. The maximum absolute atomic E-state index is 13.4. The van der Waals surface area contributed by atoms with E-state index in [-0.39, 0.29) is 24.1 Å². The molecule has 6 rings (SSSR count). The van der Waals surface area contributed by atoms with Crippen molar-refractivity contribution >= 4 is 34.5 Å². The van der Waals surface area contributed by atoms with Gasteiger partial charge in [0.05, 0.1) is 5.52 Å². The van der Waals surface area contributed by atoms with Gasteiger partial charge in [-0.3, -0.25) is 9.59 Å². The second-order valence-electron chi connectivity index (χ2n) is 9.57. The number of hydrogen-bond acceptors (Lipinski definition) is 6. The zero-order valence-electron chi connectivity index (χ0n) is 22.4. The van der Waals surface area contributed by atoms with Crippen molar-refractivity contribution in [2.45, 2.75) is 13.0 Å². The summed E-state index contributed by atoms with van der Waals surface area (Å²) in [7, 11) is 0. The van der Waals surface area contributed by atoms with Crippen LogP contribution in [0.5, 0.6) is 17.4 Å². The van der Waals surface area contributed by atoms with Gasteiger partial charge in [0.2, 0.25) is 12.7 Å². The van der Waals surface area contributed by atoms with Gasteiger partial charge in [-0.05, 0) is 54.0 Å². The molecule has 42 heavy (non-hydrogen) atoms. The van der Waals surface area contributed by atoms with Gasteiger partial charge in [0, 0.05) is 17.5 Å². The fraction of sp³-hybridized carbons (Fsp3) is 0.0909. The number of rotatable bonds is 8. The lowest BCUT2D eigenvalue weighted by molar-refractivity contribution is -0.115. The standard InChI is InChI=1S/C33H26N4O5/c38-31(24-11-5-2-6-12-24)34-26(19-23-15-16-28-29(20-23)42-21-41-28)32(39)36-35-30-25-13-7-8-14-27(25)37(33(30)40)18-17-22-9-3-1-4-10-22/h1-16,19-20,40H,17-18,21H2,(H,34,38). The van der Waals surface area contributed by atoms with E-state index in [2.05, 4.69) is 15.5 Å². The van der Waals surface area contributed by atoms with Crippen LogP contribution in [0, 0.1) is 0 Å². The number of ether oxygens (including phenoxy) is 2. The maximum atomic E-state index is 13.4. The summed E-state index contributed by atoms with van der Waals surface area (Å²) in [6.45, 7) is 0.609. The largest absolute Gasteiger partial charge is 0.493 e. The number of amides is 2. The number of benzene rings is 4. The second-order valence-corrected chi connectivity index (χ2v) is 9.57. The molecule has 208 valence electrons. The van der Waals surface area contributed by atoms with Gasteiger partial charge in [0.1, 0.15) is 5.70 Å². The van der Waals surface area contributed by atoms with E-state index in [0.29, 0.717) is 41.0 Å². The molecule has 1 aliphatic rings. The van der Waals surface area contributed by atoms with Crippen molar-refractivity contribution in [3.63, 3.8) is 0 Å². The number of aryl methyl sites for hydroxylation is 2. The van der Waals surface area contributed by atoms with Crippen LogP contribution in [0.4, 0.5) is 5.69 Å². The number of nitrogens with one attached hydrogen (secondary N) is 1. The van der Waals surface area contributed by atoms with Crippen molar-refractivity contribution < 1.29 is 24.2 Å². The van der Waals surface area contributed by atoms with E-state index in [1.807, 2.05) is 54.6 Å². The SMILES string of the molecule is O=C(N=Nc1c(O)n(CCc2ccccc2)c2ccccc12)C(=Cc1ccc2c(c1)OCO2)NC(=O)c1ccccc1. The van der Waals surface area contributed by atoms with E-state index in [9.17, 15) is 14.7 Å². The van der Waals surface area contributed by atoms with Crippen LogP contribution in [0.3, 0.4) is 0 Å². The highest BCUT2D eigenvalue weighted by Crippen LogP contribution is 2.39. The van der Waals surface area contributed by atoms with Crippen molar-refractivity contribution in [2.24, 2.45) is 10.2 Å². The molecule has 0 saturated heterocycles. The fourth-order valence-corrected chi connectivity index (χ4v) is 4.74. The molecule has 0 atom stereocenters. The molecule has 2 amide bonds. The summed E-state index contributed by atoms with van der Waals surface area (Å²) in [5, 5.41) is 22.6. The molecular formula is C33H26N4O5. The quantitative estimate of drug-likeness (QED) is 0.169. The second kappa shape index (κ2) is 11.8. The molecule has 0 bridgehead atoms. The lowest BCUT2D eigenvalue weighted by atomic mass is 10.1. The summed E-state index contributed by atoms with van der Waals surface area (Å²) >= 11 is 0. The van der Waals surface area contributed by atoms with Crippen LogP contribution in [0.25, 0.3) is 17.0 Å². The molecule has 2 heterocycles. The third-order valence-electron chi connectivity index (χ3n) is 6.85. The van der Waals surface area contributed by atoms with E-state index in [4.69, 9.17) is 9.47 Å². The summed E-state index contributed by atoms with van der Waals surface area (Å²) in [5.74, 6) is -0.255. The van der Waals surface area contributed by atoms with Gasteiger partial charge >= 0.3 is 5.91 Å². The minimum absolute atomic E-state index is 0.0984. The van der Waals surface area contributed by atoms with Crippen LogP contribution in [-0.4, -0.2) is 28.3 Å². The van der Waals surface area contributed by atoms with E-state index in [0.717, 1.165) is 11.1 Å². The Morgan fingerprint density at radius 3 is 2.40 bits per heavy atom. The van der Waals surface area contributed by atoms with Crippen LogP contribution >= 0.6 is 0 Å². The number of aromatic hydroxyl groups is 1. The Labute approximate surface area is 241 Å². The van der Waals surface area contributed by atoms with Crippen molar-refractivity contribution in [2.75, 3.05) is 6.79 Å². The molecule has 0 radical (unpaired) electrons. The van der Waals surface area contributed by atoms with Gasteiger partial charge in [-0.25, -0.2) is 0 Å². The van der Waals surface area contributed by atoms with Gasteiger partial charge in [-0.1, -0.05) is 72.8 Å². The predicted molar refractivity (Wildman–Crippen MR) is 158 cm³/mol. The normalized spacial score (nSPS) is 12.6. The number of nitrogens with zero attached hydrogens (tertiary/aromatic N) is 3.